The van der Waals surface area contributed by atoms with E-state index in [1.54, 1.807) is 5.56 Å². The number of hydrogen-bond donors (Lipinski definition) is 0. The van der Waals surface area contributed by atoms with Crippen molar-refractivity contribution in [3.63, 3.8) is 0 Å². The molecule has 17 heavy (non-hydrogen) atoms. The van der Waals surface area contributed by atoms with Crippen molar-refractivity contribution in [2.45, 2.75) is 44.9 Å². The van der Waals surface area contributed by atoms with Crippen LogP contribution in [0, 0.1) is 6.92 Å². The third-order valence-corrected chi connectivity index (χ3v) is 4.08. The molecule has 2 aromatic rings. The van der Waals surface area contributed by atoms with Crippen LogP contribution in [0.1, 0.15) is 49.1 Å². The molecule has 0 N–H and O–H groups in total. The second-order valence-electron chi connectivity index (χ2n) is 5.41. The van der Waals surface area contributed by atoms with Crippen molar-refractivity contribution < 1.29 is 0 Å². The highest BCUT2D eigenvalue weighted by Gasteiger charge is 2.17. The third-order valence-electron chi connectivity index (χ3n) is 4.08. The van der Waals surface area contributed by atoms with Gasteiger partial charge in [-0.2, -0.15) is 0 Å². The average molecular weight is 224 g/mol. The number of benzene rings is 2. The molecule has 1 aliphatic rings. The van der Waals surface area contributed by atoms with E-state index >= 15 is 0 Å². The van der Waals surface area contributed by atoms with E-state index in [9.17, 15) is 0 Å². The molecule has 0 aliphatic heterocycles. The number of fused-ring (bicyclic) bond motifs is 1. The van der Waals surface area contributed by atoms with Crippen molar-refractivity contribution in [1.82, 2.24) is 0 Å². The standard InChI is InChI=1S/C17H20/c1-13-11-15-9-5-6-10-16(15)17(12-13)14-7-3-2-4-8-14/h5-6,9-12,14H,2-4,7-8H2,1H3. The summed E-state index contributed by atoms with van der Waals surface area (Å²) in [7, 11) is 0. The first-order valence-electron chi connectivity index (χ1n) is 6.84. The highest BCUT2D eigenvalue weighted by Crippen LogP contribution is 2.36. The van der Waals surface area contributed by atoms with E-state index in [0.29, 0.717) is 0 Å². The Labute approximate surface area is 104 Å². The molecule has 0 nitrogen and oxygen atoms in total. The third kappa shape index (κ3) is 2.09. The topological polar surface area (TPSA) is 0 Å². The predicted molar refractivity (Wildman–Crippen MR) is 74.5 cm³/mol. The summed E-state index contributed by atoms with van der Waals surface area (Å²) in [6.07, 6.45) is 7.01. The summed E-state index contributed by atoms with van der Waals surface area (Å²) in [5.74, 6) is 0.800. The Kier molecular flexibility index (Phi) is 2.88. The van der Waals surface area contributed by atoms with E-state index in [2.05, 4.69) is 43.3 Å². The van der Waals surface area contributed by atoms with Crippen molar-refractivity contribution in [3.8, 4) is 0 Å². The summed E-state index contributed by atoms with van der Waals surface area (Å²) >= 11 is 0. The molecule has 0 amide bonds. The van der Waals surface area contributed by atoms with Gasteiger partial charge in [0.1, 0.15) is 0 Å². The minimum Gasteiger partial charge on any atom is -0.0616 e. The zero-order chi connectivity index (χ0) is 11.7. The van der Waals surface area contributed by atoms with E-state index in [1.165, 1.54) is 48.4 Å². The fourth-order valence-electron chi connectivity index (χ4n) is 3.25. The van der Waals surface area contributed by atoms with Crippen LogP contribution < -0.4 is 0 Å². The van der Waals surface area contributed by atoms with Gasteiger partial charge in [0, 0.05) is 0 Å². The maximum absolute atomic E-state index is 2.42. The van der Waals surface area contributed by atoms with Crippen molar-refractivity contribution >= 4 is 10.8 Å². The molecular weight excluding hydrogens is 204 g/mol. The van der Waals surface area contributed by atoms with Gasteiger partial charge in [-0.25, -0.2) is 0 Å². The lowest BCUT2D eigenvalue weighted by molar-refractivity contribution is 0.445. The van der Waals surface area contributed by atoms with Gasteiger partial charge in [-0.3, -0.25) is 0 Å². The van der Waals surface area contributed by atoms with Crippen LogP contribution in [0.4, 0.5) is 0 Å². The van der Waals surface area contributed by atoms with Crippen LogP contribution in [0.15, 0.2) is 36.4 Å². The molecule has 1 saturated carbocycles. The van der Waals surface area contributed by atoms with Crippen LogP contribution in [0.5, 0.6) is 0 Å². The molecule has 0 heteroatoms. The fourth-order valence-corrected chi connectivity index (χ4v) is 3.25. The zero-order valence-corrected chi connectivity index (χ0v) is 10.6. The van der Waals surface area contributed by atoms with E-state index in [0.717, 1.165) is 5.92 Å². The highest BCUT2D eigenvalue weighted by atomic mass is 14.2. The second kappa shape index (κ2) is 4.52. The molecule has 0 heterocycles. The van der Waals surface area contributed by atoms with Gasteiger partial charge in [0.15, 0.2) is 0 Å². The summed E-state index contributed by atoms with van der Waals surface area (Å²) in [6, 6.07) is 13.6. The van der Waals surface area contributed by atoms with Crippen molar-refractivity contribution in [2.75, 3.05) is 0 Å². The van der Waals surface area contributed by atoms with E-state index in [4.69, 9.17) is 0 Å². The van der Waals surface area contributed by atoms with Gasteiger partial charge in [-0.1, -0.05) is 61.2 Å². The lowest BCUT2D eigenvalue weighted by Crippen LogP contribution is -2.05. The number of aryl methyl sites for hydroxylation is 1. The van der Waals surface area contributed by atoms with Crippen molar-refractivity contribution in [3.05, 3.63) is 47.5 Å². The highest BCUT2D eigenvalue weighted by molar-refractivity contribution is 5.86. The van der Waals surface area contributed by atoms with Gasteiger partial charge in [0.25, 0.3) is 0 Å². The summed E-state index contributed by atoms with van der Waals surface area (Å²) in [4.78, 5) is 0. The Morgan fingerprint density at radius 2 is 1.71 bits per heavy atom. The molecule has 0 bridgehead atoms. The van der Waals surface area contributed by atoms with Gasteiger partial charge >= 0.3 is 0 Å². The predicted octanol–water partition coefficient (Wildman–Crippen LogP) is 5.20. The molecule has 0 spiro atoms. The average Bonchev–Trinajstić information content (AvgIpc) is 2.39. The normalized spacial score (nSPS) is 17.5. The van der Waals surface area contributed by atoms with Crippen molar-refractivity contribution in [2.24, 2.45) is 0 Å². The van der Waals surface area contributed by atoms with Gasteiger partial charge in [-0.05, 0) is 42.0 Å². The molecular formula is C17H20. The monoisotopic (exact) mass is 224 g/mol. The Morgan fingerprint density at radius 3 is 2.53 bits per heavy atom. The van der Waals surface area contributed by atoms with E-state index in [1.807, 2.05) is 0 Å². The molecule has 0 radical (unpaired) electrons. The Balaban J connectivity index is 2.13. The van der Waals surface area contributed by atoms with Crippen LogP contribution in [0.2, 0.25) is 0 Å². The van der Waals surface area contributed by atoms with Gasteiger partial charge in [-0.15, -0.1) is 0 Å². The Hall–Kier alpha value is -1.30. The minimum atomic E-state index is 0.800. The number of rotatable bonds is 1. The second-order valence-corrected chi connectivity index (χ2v) is 5.41. The molecule has 88 valence electrons. The van der Waals surface area contributed by atoms with Gasteiger partial charge < -0.3 is 0 Å². The number of hydrogen-bond acceptors (Lipinski definition) is 0. The Bertz CT molecular complexity index is 519. The summed E-state index contributed by atoms with van der Waals surface area (Å²) in [5.41, 5.74) is 3.00. The zero-order valence-electron chi connectivity index (χ0n) is 10.6. The van der Waals surface area contributed by atoms with Crippen LogP contribution in [-0.4, -0.2) is 0 Å². The quantitative estimate of drug-likeness (QED) is 0.625. The molecule has 0 aromatic heterocycles. The Morgan fingerprint density at radius 1 is 0.941 bits per heavy atom. The molecule has 1 aliphatic carbocycles. The fraction of sp³-hybridized carbons (Fsp3) is 0.412. The maximum atomic E-state index is 2.42. The molecule has 2 aromatic carbocycles. The lowest BCUT2D eigenvalue weighted by atomic mass is 9.81. The van der Waals surface area contributed by atoms with Crippen LogP contribution >= 0.6 is 0 Å². The molecule has 0 atom stereocenters. The summed E-state index contributed by atoms with van der Waals surface area (Å²) < 4.78 is 0. The lowest BCUT2D eigenvalue weighted by Gasteiger charge is -2.24. The smallest absolute Gasteiger partial charge is 0.0149 e. The molecule has 1 fully saturated rings. The van der Waals surface area contributed by atoms with E-state index < -0.39 is 0 Å². The molecule has 0 unspecified atom stereocenters. The van der Waals surface area contributed by atoms with Crippen LogP contribution in [0.25, 0.3) is 10.8 Å². The largest absolute Gasteiger partial charge is 0.0616 e. The maximum Gasteiger partial charge on any atom is -0.0149 e. The van der Waals surface area contributed by atoms with Crippen LogP contribution in [0.3, 0.4) is 0 Å². The van der Waals surface area contributed by atoms with Gasteiger partial charge in [0.2, 0.25) is 0 Å². The molecule has 3 rings (SSSR count). The van der Waals surface area contributed by atoms with Crippen molar-refractivity contribution in [1.29, 1.82) is 0 Å². The van der Waals surface area contributed by atoms with Gasteiger partial charge in [0.05, 0.1) is 0 Å². The van der Waals surface area contributed by atoms with Crippen LogP contribution in [-0.2, 0) is 0 Å². The minimum absolute atomic E-state index is 0.800. The first-order valence-corrected chi connectivity index (χ1v) is 6.84. The SMILES string of the molecule is Cc1cc(C2CCCCC2)c2ccccc2c1. The summed E-state index contributed by atoms with van der Waals surface area (Å²) in [6.45, 7) is 2.22. The summed E-state index contributed by atoms with van der Waals surface area (Å²) in [5, 5.41) is 2.89. The molecule has 0 saturated heterocycles. The first-order chi connectivity index (χ1) is 8.34. The first kappa shape index (κ1) is 10.8. The van der Waals surface area contributed by atoms with E-state index in [-0.39, 0.29) is 0 Å².